The van der Waals surface area contributed by atoms with Crippen molar-refractivity contribution in [2.45, 2.75) is 469 Å². The van der Waals surface area contributed by atoms with Crippen LogP contribution in [0, 0.1) is 0 Å². The summed E-state index contributed by atoms with van der Waals surface area (Å²) in [5.41, 5.74) is 5.39. The molecular weight excluding hydrogens is 1810 g/mol. The van der Waals surface area contributed by atoms with Gasteiger partial charge in [0.25, 0.3) is 11.6 Å². The Kier molecular flexibility index (Phi) is 59.1. The molecule has 43 nitrogen and oxygen atoms in total. The molecule has 0 spiro atoms. The fourth-order valence-corrected chi connectivity index (χ4v) is 18.6. The lowest BCUT2D eigenvalue weighted by molar-refractivity contribution is -0.377. The first-order chi connectivity index (χ1) is 62.6. The van der Waals surface area contributed by atoms with Crippen LogP contribution in [-0.2, 0) is 103 Å². The van der Waals surface area contributed by atoms with E-state index in [1.165, 1.54) is 0 Å². The van der Waals surface area contributed by atoms with Crippen LogP contribution in [0.3, 0.4) is 0 Å². The summed E-state index contributed by atoms with van der Waals surface area (Å²) in [6.07, 6.45) is -18.3. The molecule has 4 heterocycles. The van der Waals surface area contributed by atoms with E-state index in [4.69, 9.17) is 66.5 Å². The topological polar surface area (TPSA) is 688 Å². The number of phosphoric acid groups is 3. The maximum Gasteiger partial charge on any atom is 0.472 e. The molecule has 22 N–H and O–H groups in total. The summed E-state index contributed by atoms with van der Waals surface area (Å²) in [6, 6.07) is -4.40. The van der Waals surface area contributed by atoms with Gasteiger partial charge in [0.1, 0.15) is 73.1 Å². The average molecular weight is 1970 g/mol. The number of carboxylic acids is 2. The van der Waals surface area contributed by atoms with Crippen molar-refractivity contribution in [3.63, 3.8) is 0 Å². The molecule has 132 heavy (non-hydrogen) atoms. The number of aliphatic carboxylic acids is 2. The normalized spacial score (nSPS) is 27.9. The van der Waals surface area contributed by atoms with Gasteiger partial charge in [-0.25, -0.2) is 23.3 Å². The van der Waals surface area contributed by atoms with Gasteiger partial charge < -0.3 is 150 Å². The first-order valence-corrected chi connectivity index (χ1v) is 52.4. The van der Waals surface area contributed by atoms with E-state index < -0.39 is 277 Å². The summed E-state index contributed by atoms with van der Waals surface area (Å²) in [6.45, 7) is 1.65. The van der Waals surface area contributed by atoms with Gasteiger partial charge in [0.15, 0.2) is 24.8 Å². The van der Waals surface area contributed by atoms with Crippen molar-refractivity contribution in [1.82, 2.24) is 10.6 Å². The number of nitrogens with one attached hydrogen (secondary N) is 2. The Bertz CT molecular complexity index is 3360. The molecule has 774 valence electrons. The number of unbranched alkanes of at least 4 members (excludes halogenated alkanes) is 32. The van der Waals surface area contributed by atoms with E-state index in [1.54, 1.807) is 0 Å². The molecule has 25 atom stereocenters. The van der Waals surface area contributed by atoms with Crippen LogP contribution in [0.2, 0.25) is 0 Å². The fourth-order valence-electron chi connectivity index (χ4n) is 16.7. The molecule has 0 aromatic rings. The molecule has 4 saturated heterocycles. The molecule has 0 radical (unpaired) electrons. The van der Waals surface area contributed by atoms with E-state index in [-0.39, 0.29) is 32.2 Å². The number of carbonyl (C=O) groups excluding carboxylic acids is 4. The van der Waals surface area contributed by atoms with Gasteiger partial charge in [-0.2, -0.15) is 0 Å². The van der Waals surface area contributed by atoms with Crippen molar-refractivity contribution >= 4 is 59.2 Å². The highest BCUT2D eigenvalue weighted by Crippen LogP contribution is 2.49. The molecule has 0 aromatic carbocycles. The second-order valence-corrected chi connectivity index (χ2v) is 39.2. The smallest absolute Gasteiger partial charge is 0.472 e. The summed E-state index contributed by atoms with van der Waals surface area (Å²) in [5, 5.41) is 152. The zero-order chi connectivity index (χ0) is 98.0. The second kappa shape index (κ2) is 64.7. The summed E-state index contributed by atoms with van der Waals surface area (Å²) < 4.78 is 114. The van der Waals surface area contributed by atoms with E-state index in [9.17, 15) is 133 Å². The van der Waals surface area contributed by atoms with E-state index in [0.717, 1.165) is 180 Å². The van der Waals surface area contributed by atoms with Crippen LogP contribution in [0.1, 0.15) is 323 Å². The van der Waals surface area contributed by atoms with Crippen molar-refractivity contribution < 1.29 is 194 Å². The Balaban J connectivity index is 1.97. The largest absolute Gasteiger partial charge is 0.477 e. The van der Waals surface area contributed by atoms with Gasteiger partial charge in [-0.15, -0.1) is 0 Å². The van der Waals surface area contributed by atoms with Crippen LogP contribution < -0.4 is 16.4 Å². The number of nitrogens with two attached hydrogens (primary N) is 1. The van der Waals surface area contributed by atoms with Gasteiger partial charge in [-0.1, -0.05) is 259 Å². The number of rotatable bonds is 75. The monoisotopic (exact) mass is 1970 g/mol. The van der Waals surface area contributed by atoms with Crippen molar-refractivity contribution in [1.29, 1.82) is 0 Å². The van der Waals surface area contributed by atoms with E-state index >= 15 is 0 Å². The van der Waals surface area contributed by atoms with Gasteiger partial charge in [0.2, 0.25) is 11.8 Å². The molecule has 46 heteroatoms. The molecule has 2 amide bonds. The highest BCUT2D eigenvalue weighted by atomic mass is 31.2. The number of phosphoric ester groups is 3. The minimum Gasteiger partial charge on any atom is -0.477 e. The molecule has 4 rings (SSSR count). The standard InChI is InChI=1S/C86H160N3O40P3/c1-5-9-13-17-21-25-29-33-37-41-57(92)47-67(98)88-71-79(122-69(100)49-59(94)43-39-35-31-27-23-19-15-11-7-3)75(104)65(120-82(71)129-131(112,113)114)55-117-81-72(89-68(99)48-58(93)42-38-34-30-26-22-18-14-10-6-2)80(123-70(101)50-60(95)44-40-36-32-28-24-20-16-12-8-4)78(128-130(109,110)111)66(121-81)56-118-85(83(105)106)52-63(74(103)76(125-85)62(97)53-90)124-86(84(107)108)51-61(96)73(102)77(126-86)64(54-91)127-132(115,116)119-46-45-87/h57-66,71-82,90-97,102-104H,5-56,87H2,1-4H3,(H,88,98)(H,89,99)(H,105,106)(H,107,108)(H,115,116)(H2,109,110,111)(H2,112,113,114)/t57-,58-,59-,60-,61-,62-,63-,64-,65-,66-,71-,72-,73-,74-,75-,76-,77-,78-,79-,80-,81-,82-,85-,86-/m1/s1. The van der Waals surface area contributed by atoms with Crippen LogP contribution in [0.4, 0.5) is 0 Å². The number of amides is 2. The fraction of sp³-hybridized carbons (Fsp3) is 0.930. The molecule has 0 aliphatic carbocycles. The number of carbonyl (C=O) groups is 6. The maximum atomic E-state index is 14.8. The van der Waals surface area contributed by atoms with Gasteiger partial charge in [0.05, 0.1) is 95.3 Å². The third-order valence-electron chi connectivity index (χ3n) is 23.9. The van der Waals surface area contributed by atoms with Crippen molar-refractivity contribution in [2.24, 2.45) is 5.73 Å². The Hall–Kier alpha value is -3.61. The van der Waals surface area contributed by atoms with Crippen molar-refractivity contribution in [2.75, 3.05) is 39.6 Å². The lowest BCUT2D eigenvalue weighted by Gasteiger charge is -2.50. The summed E-state index contributed by atoms with van der Waals surface area (Å²) in [4.78, 5) is 139. The van der Waals surface area contributed by atoms with Gasteiger partial charge in [-0.3, -0.25) is 37.3 Å². The molecule has 4 fully saturated rings. The first-order valence-electron chi connectivity index (χ1n) is 47.9. The number of esters is 2. The highest BCUT2D eigenvalue weighted by Gasteiger charge is 2.63. The van der Waals surface area contributed by atoms with Crippen LogP contribution in [0.5, 0.6) is 0 Å². The number of hydrogen-bond acceptors (Lipinski definition) is 34. The summed E-state index contributed by atoms with van der Waals surface area (Å²) in [5.74, 6) is -16.6. The molecule has 1 unspecified atom stereocenters. The number of ether oxygens (including phenoxy) is 9. The zero-order valence-electron chi connectivity index (χ0n) is 77.4. The highest BCUT2D eigenvalue weighted by molar-refractivity contribution is 7.47. The quantitative estimate of drug-likeness (QED) is 0.0180. The number of hydrogen-bond donors (Lipinski definition) is 21. The SMILES string of the molecule is CCCCCCCCCCC[C@@H](O)CC(=O)N[C@H]1[C@H](OC[C@H]2O[C@H](OP(=O)(O)O)[C@H](NC(=O)C[C@H](O)CCCCCCCCCCC)[C@@H](OC(=O)C[C@H](O)CCCCCCCCCCC)[C@@H]2O)O[C@H](CO[C@]2(C(=O)O)C[C@@H](O[C@]3(C(=O)O)C[C@@H](O)[C@@H](O)[C@@H]([C@@H](CO)OP(=O)(O)OCCN)O3)[C@@H](O)[C@@H]([C@H](O)CO)O2)[C@@H](OP(=O)(O)O)[C@@H]1OC(=O)C[C@H](O)CCCCCCCCCCC. The third-order valence-corrected chi connectivity index (χ3v) is 26.0. The second-order valence-electron chi connectivity index (χ2n) is 35.4. The van der Waals surface area contributed by atoms with Crippen molar-refractivity contribution in [3.05, 3.63) is 0 Å². The van der Waals surface area contributed by atoms with Crippen LogP contribution >= 0.6 is 23.5 Å². The number of aliphatic hydroxyl groups is 11. The van der Waals surface area contributed by atoms with Crippen LogP contribution in [0.15, 0.2) is 0 Å². The van der Waals surface area contributed by atoms with Crippen LogP contribution in [-0.4, -0.2) is 312 Å². The predicted octanol–water partition coefficient (Wildman–Crippen LogP) is 6.31. The summed E-state index contributed by atoms with van der Waals surface area (Å²) >= 11 is 0. The van der Waals surface area contributed by atoms with Gasteiger partial charge in [-0.05, 0) is 25.7 Å². The minimum atomic E-state index is -6.15. The van der Waals surface area contributed by atoms with Gasteiger partial charge in [0, 0.05) is 19.4 Å². The van der Waals surface area contributed by atoms with Gasteiger partial charge >= 0.3 is 47.3 Å². The lowest BCUT2D eigenvalue weighted by Crippen LogP contribution is -2.69. The molecular formula is C86H160N3O40P3. The summed E-state index contributed by atoms with van der Waals surface area (Å²) in [7, 11) is -17.3. The number of aliphatic hydroxyl groups excluding tert-OH is 11. The molecule has 0 saturated carbocycles. The molecule has 0 aromatic heterocycles. The van der Waals surface area contributed by atoms with E-state index in [2.05, 4.69) is 38.3 Å². The number of carboxylic acid groups (broad SMARTS) is 2. The molecule has 4 aliphatic rings. The Morgan fingerprint density at radius 3 is 1.23 bits per heavy atom. The van der Waals surface area contributed by atoms with E-state index in [0.29, 0.717) is 51.4 Å². The zero-order valence-corrected chi connectivity index (χ0v) is 80.1. The first kappa shape index (κ1) is 121. The lowest BCUT2D eigenvalue weighted by atomic mass is 9.90. The predicted molar refractivity (Wildman–Crippen MR) is 471 cm³/mol. The third kappa shape index (κ3) is 45.8. The molecule has 0 bridgehead atoms. The average Bonchev–Trinajstić information content (AvgIpc) is 0.709. The van der Waals surface area contributed by atoms with Crippen molar-refractivity contribution in [3.8, 4) is 0 Å². The Morgan fingerprint density at radius 2 is 0.833 bits per heavy atom. The Morgan fingerprint density at radius 1 is 0.447 bits per heavy atom. The molecule has 4 aliphatic heterocycles. The maximum absolute atomic E-state index is 14.8. The van der Waals surface area contributed by atoms with E-state index in [1.807, 2.05) is 0 Å². The minimum absolute atomic E-state index is 0.0191. The Labute approximate surface area is 775 Å². The van der Waals surface area contributed by atoms with Crippen LogP contribution in [0.25, 0.3) is 0 Å².